The van der Waals surface area contributed by atoms with Crippen molar-refractivity contribution in [2.24, 2.45) is 11.7 Å². The largest absolute Gasteiger partial charge is 0.381 e. The predicted molar refractivity (Wildman–Crippen MR) is 41.8 cm³/mol. The minimum Gasteiger partial charge on any atom is -0.381 e. The van der Waals surface area contributed by atoms with Crippen LogP contribution in [0.25, 0.3) is 0 Å². The third-order valence-electron chi connectivity index (χ3n) is 2.19. The molecule has 1 saturated heterocycles. The summed E-state index contributed by atoms with van der Waals surface area (Å²) in [5, 5.41) is 0. The summed E-state index contributed by atoms with van der Waals surface area (Å²) in [6, 6.07) is 0.382. The van der Waals surface area contributed by atoms with E-state index in [1.165, 1.54) is 12.8 Å². The highest BCUT2D eigenvalue weighted by atomic mass is 16.5. The van der Waals surface area contributed by atoms with E-state index in [1.54, 1.807) is 0 Å². The SMILES string of the molecule is CCCC(N)C1CCOC1. The van der Waals surface area contributed by atoms with E-state index >= 15 is 0 Å². The van der Waals surface area contributed by atoms with Crippen molar-refractivity contribution in [1.82, 2.24) is 0 Å². The fourth-order valence-corrected chi connectivity index (χ4v) is 1.46. The molecule has 2 unspecified atom stereocenters. The fraction of sp³-hybridized carbons (Fsp3) is 1.00. The van der Waals surface area contributed by atoms with Gasteiger partial charge in [0, 0.05) is 12.6 Å². The van der Waals surface area contributed by atoms with Crippen LogP contribution in [0, 0.1) is 5.92 Å². The van der Waals surface area contributed by atoms with Crippen molar-refractivity contribution in [3.05, 3.63) is 0 Å². The summed E-state index contributed by atoms with van der Waals surface area (Å²) in [7, 11) is 0. The van der Waals surface area contributed by atoms with E-state index in [0.717, 1.165) is 19.6 Å². The summed E-state index contributed by atoms with van der Waals surface area (Å²) in [6.45, 7) is 3.99. The maximum absolute atomic E-state index is 5.91. The third-order valence-corrected chi connectivity index (χ3v) is 2.19. The molecule has 0 aliphatic carbocycles. The lowest BCUT2D eigenvalue weighted by molar-refractivity contribution is 0.179. The highest BCUT2D eigenvalue weighted by Crippen LogP contribution is 2.17. The summed E-state index contributed by atoms with van der Waals surface area (Å²) >= 11 is 0. The van der Waals surface area contributed by atoms with Crippen molar-refractivity contribution in [3.63, 3.8) is 0 Å². The maximum atomic E-state index is 5.91. The molecule has 0 bridgehead atoms. The Labute approximate surface area is 62.7 Å². The molecule has 0 saturated carbocycles. The van der Waals surface area contributed by atoms with Crippen LogP contribution in [-0.4, -0.2) is 19.3 Å². The van der Waals surface area contributed by atoms with Crippen molar-refractivity contribution >= 4 is 0 Å². The van der Waals surface area contributed by atoms with Gasteiger partial charge in [-0.3, -0.25) is 0 Å². The van der Waals surface area contributed by atoms with Gasteiger partial charge in [-0.2, -0.15) is 0 Å². The lowest BCUT2D eigenvalue weighted by atomic mass is 9.96. The van der Waals surface area contributed by atoms with Crippen LogP contribution in [-0.2, 0) is 4.74 Å². The summed E-state index contributed by atoms with van der Waals surface area (Å²) in [5.41, 5.74) is 5.91. The molecule has 0 spiro atoms. The first-order chi connectivity index (χ1) is 4.84. The molecule has 60 valence electrons. The first-order valence-electron chi connectivity index (χ1n) is 4.18. The molecular weight excluding hydrogens is 126 g/mol. The molecule has 1 rings (SSSR count). The van der Waals surface area contributed by atoms with Crippen LogP contribution < -0.4 is 5.73 Å². The molecule has 1 aliphatic heterocycles. The molecule has 2 N–H and O–H groups in total. The molecule has 0 aromatic rings. The highest BCUT2D eigenvalue weighted by Gasteiger charge is 2.21. The second kappa shape index (κ2) is 3.94. The standard InChI is InChI=1S/C8H17NO/c1-2-3-8(9)7-4-5-10-6-7/h7-8H,2-6,9H2,1H3. The normalized spacial score (nSPS) is 28.8. The molecule has 1 aliphatic rings. The highest BCUT2D eigenvalue weighted by molar-refractivity contribution is 4.75. The number of rotatable bonds is 3. The van der Waals surface area contributed by atoms with Gasteiger partial charge in [-0.05, 0) is 18.8 Å². The van der Waals surface area contributed by atoms with E-state index in [4.69, 9.17) is 10.5 Å². The van der Waals surface area contributed by atoms with E-state index in [1.807, 2.05) is 0 Å². The average molecular weight is 143 g/mol. The van der Waals surface area contributed by atoms with Crippen molar-refractivity contribution in [2.45, 2.75) is 32.2 Å². The van der Waals surface area contributed by atoms with Gasteiger partial charge in [-0.1, -0.05) is 13.3 Å². The Kier molecular flexibility index (Phi) is 3.16. The number of hydrogen-bond donors (Lipinski definition) is 1. The lowest BCUT2D eigenvalue weighted by Gasteiger charge is -2.15. The van der Waals surface area contributed by atoms with Crippen molar-refractivity contribution < 1.29 is 4.74 Å². The van der Waals surface area contributed by atoms with E-state index < -0.39 is 0 Å². The molecule has 2 heteroatoms. The van der Waals surface area contributed by atoms with Crippen LogP contribution in [0.2, 0.25) is 0 Å². The van der Waals surface area contributed by atoms with Crippen molar-refractivity contribution in [3.8, 4) is 0 Å². The van der Waals surface area contributed by atoms with Gasteiger partial charge >= 0.3 is 0 Å². The molecule has 2 atom stereocenters. The quantitative estimate of drug-likeness (QED) is 0.643. The third kappa shape index (κ3) is 1.96. The average Bonchev–Trinajstić information content (AvgIpc) is 2.38. The Bertz CT molecular complexity index is 89.3. The second-order valence-corrected chi connectivity index (χ2v) is 3.08. The molecule has 0 amide bonds. The smallest absolute Gasteiger partial charge is 0.0509 e. The number of nitrogens with two attached hydrogens (primary N) is 1. The van der Waals surface area contributed by atoms with Crippen LogP contribution in [0.5, 0.6) is 0 Å². The van der Waals surface area contributed by atoms with E-state index in [2.05, 4.69) is 6.92 Å². The molecule has 2 nitrogen and oxygen atoms in total. The topological polar surface area (TPSA) is 35.2 Å². The van der Waals surface area contributed by atoms with Gasteiger partial charge < -0.3 is 10.5 Å². The summed E-state index contributed by atoms with van der Waals surface area (Å²) in [6.07, 6.45) is 3.51. The Hall–Kier alpha value is -0.0800. The molecule has 10 heavy (non-hydrogen) atoms. The molecule has 1 fully saturated rings. The predicted octanol–water partition coefficient (Wildman–Crippen LogP) is 1.15. The zero-order chi connectivity index (χ0) is 7.40. The molecular formula is C8H17NO. The van der Waals surface area contributed by atoms with Gasteiger partial charge in [0.1, 0.15) is 0 Å². The lowest BCUT2D eigenvalue weighted by Crippen LogP contribution is -2.29. The summed E-state index contributed by atoms with van der Waals surface area (Å²) in [4.78, 5) is 0. The maximum Gasteiger partial charge on any atom is 0.0509 e. The Morgan fingerprint density at radius 2 is 2.50 bits per heavy atom. The molecule has 0 aromatic heterocycles. The van der Waals surface area contributed by atoms with Crippen molar-refractivity contribution in [2.75, 3.05) is 13.2 Å². The van der Waals surface area contributed by atoms with Crippen LogP contribution in [0.1, 0.15) is 26.2 Å². The van der Waals surface area contributed by atoms with Crippen LogP contribution in [0.3, 0.4) is 0 Å². The van der Waals surface area contributed by atoms with Gasteiger partial charge in [0.25, 0.3) is 0 Å². The monoisotopic (exact) mass is 143 g/mol. The first kappa shape index (κ1) is 8.02. The number of ether oxygens (including phenoxy) is 1. The Morgan fingerprint density at radius 1 is 1.70 bits per heavy atom. The van der Waals surface area contributed by atoms with E-state index in [0.29, 0.717) is 12.0 Å². The van der Waals surface area contributed by atoms with Crippen LogP contribution in [0.4, 0.5) is 0 Å². The van der Waals surface area contributed by atoms with Gasteiger partial charge in [0.15, 0.2) is 0 Å². The van der Waals surface area contributed by atoms with Gasteiger partial charge in [-0.25, -0.2) is 0 Å². The minimum absolute atomic E-state index is 0.382. The van der Waals surface area contributed by atoms with Crippen LogP contribution >= 0.6 is 0 Å². The van der Waals surface area contributed by atoms with E-state index in [-0.39, 0.29) is 0 Å². The Morgan fingerprint density at radius 3 is 3.00 bits per heavy atom. The second-order valence-electron chi connectivity index (χ2n) is 3.08. The van der Waals surface area contributed by atoms with E-state index in [9.17, 15) is 0 Å². The summed E-state index contributed by atoms with van der Waals surface area (Å²) < 4.78 is 5.24. The summed E-state index contributed by atoms with van der Waals surface area (Å²) in [5.74, 6) is 0.639. The zero-order valence-corrected chi connectivity index (χ0v) is 6.68. The number of hydrogen-bond acceptors (Lipinski definition) is 2. The molecule has 0 radical (unpaired) electrons. The fourth-order valence-electron chi connectivity index (χ4n) is 1.46. The van der Waals surface area contributed by atoms with Crippen molar-refractivity contribution in [1.29, 1.82) is 0 Å². The minimum atomic E-state index is 0.382. The Balaban J connectivity index is 2.18. The van der Waals surface area contributed by atoms with Crippen LogP contribution in [0.15, 0.2) is 0 Å². The van der Waals surface area contributed by atoms with Gasteiger partial charge in [0.2, 0.25) is 0 Å². The first-order valence-corrected chi connectivity index (χ1v) is 4.18. The van der Waals surface area contributed by atoms with Gasteiger partial charge in [-0.15, -0.1) is 0 Å². The van der Waals surface area contributed by atoms with Gasteiger partial charge in [0.05, 0.1) is 6.61 Å². The molecule has 0 aromatic carbocycles. The molecule has 1 heterocycles. The zero-order valence-electron chi connectivity index (χ0n) is 6.68.